The van der Waals surface area contributed by atoms with E-state index in [1.807, 2.05) is 12.1 Å². The molecule has 396 valence electrons. The molecule has 0 unspecified atom stereocenters. The van der Waals surface area contributed by atoms with Crippen LogP contribution in [0.1, 0.15) is 0 Å². The number of anilines is 6. The summed E-state index contributed by atoms with van der Waals surface area (Å²) in [4.78, 5) is 4.81. The van der Waals surface area contributed by atoms with Gasteiger partial charge in [0.2, 0.25) is 0 Å². The fourth-order valence-corrected chi connectivity index (χ4v) is 14.0. The Morgan fingerprint density at radius 2 is 0.541 bits per heavy atom. The van der Waals surface area contributed by atoms with Gasteiger partial charge in [-0.3, -0.25) is 0 Å². The van der Waals surface area contributed by atoms with E-state index in [9.17, 15) is 0 Å². The van der Waals surface area contributed by atoms with Crippen LogP contribution in [-0.4, -0.2) is 4.40 Å². The Morgan fingerprint density at radius 1 is 0.224 bits per heavy atom. The lowest BCUT2D eigenvalue weighted by molar-refractivity contribution is 0.668. The van der Waals surface area contributed by atoms with Crippen LogP contribution in [0.15, 0.2) is 291 Å². The molecule has 0 bridgehead atoms. The molecule has 0 saturated carbocycles. The molecule has 6 heterocycles. The van der Waals surface area contributed by atoms with Gasteiger partial charge in [0.15, 0.2) is 22.3 Å². The monoisotopic (exact) mass is 1090 g/mol. The molecule has 0 atom stereocenters. The molecule has 7 heteroatoms. The zero-order chi connectivity index (χ0) is 55.4. The summed E-state index contributed by atoms with van der Waals surface area (Å²) in [6.07, 6.45) is 0. The molecule has 0 saturated heterocycles. The van der Waals surface area contributed by atoms with Crippen molar-refractivity contribution in [2.24, 2.45) is 0 Å². The van der Waals surface area contributed by atoms with E-state index in [1.54, 1.807) is 0 Å². The molecule has 0 radical (unpaired) electrons. The maximum Gasteiger partial charge on any atom is 0.160 e. The molecule has 0 spiro atoms. The van der Waals surface area contributed by atoms with Gasteiger partial charge < -0.3 is 31.9 Å². The number of hydrogen-bond acceptors (Lipinski definition) is 6. The number of aromatic nitrogens is 1. The Morgan fingerprint density at radius 3 is 0.953 bits per heavy atom. The number of furan rings is 4. The van der Waals surface area contributed by atoms with Crippen molar-refractivity contribution in [3.8, 4) is 22.3 Å². The first-order valence-corrected chi connectivity index (χ1v) is 28.8. The second kappa shape index (κ2) is 17.5. The number of benzene rings is 13. The van der Waals surface area contributed by atoms with Gasteiger partial charge in [-0.1, -0.05) is 200 Å². The van der Waals surface area contributed by atoms with Crippen LogP contribution in [0.2, 0.25) is 0 Å². The highest BCUT2D eigenvalue weighted by Crippen LogP contribution is 2.56. The molecular formula is C78H45N3O4. The van der Waals surface area contributed by atoms with Crippen molar-refractivity contribution in [1.82, 2.24) is 4.40 Å². The molecule has 0 aliphatic rings. The lowest BCUT2D eigenvalue weighted by Crippen LogP contribution is -2.11. The molecule has 85 heavy (non-hydrogen) atoms. The van der Waals surface area contributed by atoms with Gasteiger partial charge >= 0.3 is 0 Å². The standard InChI is InChI=1S/C78H45N3O4/c1-3-18-46(19-4-1)48-36-40-50(41-37-48)79(62-30-16-26-56-52-22-7-11-32-66(52)82-75(56)62)64-44-60-54-24-9-13-34-68(54)84-77(60)73-70(64)58-28-15-29-59-71-65(45-61-55-25-10-14-35-69(55)85-78(61)74(71)81(73)72(58)59)80(51-42-38-49(39-43-51)47-20-5-2-6-21-47)63-31-17-27-57-53-23-8-12-33-67(53)83-76(57)63/h1-45H. The van der Waals surface area contributed by atoms with Gasteiger partial charge in [0.1, 0.15) is 33.4 Å². The normalized spacial score (nSPS) is 12.2. The van der Waals surface area contributed by atoms with Crippen molar-refractivity contribution in [3.05, 3.63) is 273 Å². The van der Waals surface area contributed by atoms with Crippen LogP contribution in [0.25, 0.3) is 148 Å². The van der Waals surface area contributed by atoms with Crippen molar-refractivity contribution in [1.29, 1.82) is 0 Å². The number of fused-ring (bicyclic) bond motifs is 20. The highest BCUT2D eigenvalue weighted by atomic mass is 16.3. The summed E-state index contributed by atoms with van der Waals surface area (Å²) in [7, 11) is 0. The lowest BCUT2D eigenvalue weighted by Gasteiger charge is -2.27. The first-order chi connectivity index (χ1) is 42.2. The van der Waals surface area contributed by atoms with E-state index in [2.05, 4.69) is 275 Å². The summed E-state index contributed by atoms with van der Waals surface area (Å²) >= 11 is 0. The van der Waals surface area contributed by atoms with Gasteiger partial charge in [0.25, 0.3) is 0 Å². The molecule has 0 fully saturated rings. The second-order valence-corrected chi connectivity index (χ2v) is 22.2. The van der Waals surface area contributed by atoms with E-state index in [1.165, 1.54) is 0 Å². The minimum Gasteiger partial charge on any atom is -0.454 e. The quantitative estimate of drug-likeness (QED) is 0.151. The Labute approximate surface area is 484 Å². The summed E-state index contributed by atoms with van der Waals surface area (Å²) in [5.74, 6) is 0. The van der Waals surface area contributed by atoms with Crippen molar-refractivity contribution < 1.29 is 17.7 Å². The van der Waals surface area contributed by atoms with E-state index >= 15 is 0 Å². The molecule has 0 amide bonds. The fourth-order valence-electron chi connectivity index (χ4n) is 14.0. The second-order valence-electron chi connectivity index (χ2n) is 22.2. The minimum absolute atomic E-state index is 0.784. The molecule has 0 aliphatic heterocycles. The maximum atomic E-state index is 7.30. The van der Waals surface area contributed by atoms with Crippen LogP contribution in [-0.2, 0) is 0 Å². The van der Waals surface area contributed by atoms with Crippen LogP contribution in [0.4, 0.5) is 34.1 Å². The Bertz CT molecular complexity index is 5550. The molecule has 19 aromatic rings. The SMILES string of the molecule is c1ccc(-c2ccc(N(c3cccc4c3oc3ccccc34)c3cc4c5ccccc5oc4c4c3c3cccc5c6c(N(c7ccc(-c8ccccc8)cc7)c7cccc8c7oc7ccccc78)cc7c8ccccc8oc7c6n4c35)cc2)cc1. The highest BCUT2D eigenvalue weighted by Gasteiger charge is 2.33. The van der Waals surface area contributed by atoms with Crippen LogP contribution in [0, 0.1) is 0 Å². The lowest BCUT2D eigenvalue weighted by atomic mass is 10.00. The van der Waals surface area contributed by atoms with Crippen molar-refractivity contribution in [2.75, 3.05) is 9.80 Å². The number of hydrogen-bond donors (Lipinski definition) is 0. The first-order valence-electron chi connectivity index (χ1n) is 28.8. The number of para-hydroxylation sites is 7. The molecule has 0 N–H and O–H groups in total. The zero-order valence-corrected chi connectivity index (χ0v) is 45.5. The number of nitrogens with zero attached hydrogens (tertiary/aromatic N) is 3. The predicted octanol–water partition coefficient (Wildman–Crippen LogP) is 22.7. The fraction of sp³-hybridized carbons (Fsp3) is 0. The number of rotatable bonds is 8. The zero-order valence-electron chi connectivity index (χ0n) is 45.5. The summed E-state index contributed by atoms with van der Waals surface area (Å²) < 4.78 is 31.1. The third-order valence-corrected chi connectivity index (χ3v) is 17.7. The summed E-state index contributed by atoms with van der Waals surface area (Å²) in [6.45, 7) is 0. The van der Waals surface area contributed by atoms with Gasteiger partial charge in [-0.15, -0.1) is 0 Å². The average Bonchev–Trinajstić information content (AvgIpc) is 1.55. The minimum atomic E-state index is 0.784. The van der Waals surface area contributed by atoms with Gasteiger partial charge in [0.05, 0.1) is 28.3 Å². The van der Waals surface area contributed by atoms with Crippen LogP contribution >= 0.6 is 0 Å². The molecule has 13 aromatic carbocycles. The van der Waals surface area contributed by atoms with Gasteiger partial charge in [-0.05, 0) is 95.1 Å². The van der Waals surface area contributed by atoms with Crippen LogP contribution in [0.5, 0.6) is 0 Å². The summed E-state index contributed by atoms with van der Waals surface area (Å²) in [5.41, 5.74) is 19.7. The first kappa shape index (κ1) is 46.1. The summed E-state index contributed by atoms with van der Waals surface area (Å²) in [6, 6.07) is 97.0. The third kappa shape index (κ3) is 6.54. The molecule has 6 aromatic heterocycles. The van der Waals surface area contributed by atoms with E-state index in [4.69, 9.17) is 17.7 Å². The van der Waals surface area contributed by atoms with Crippen molar-refractivity contribution >= 4 is 160 Å². The highest BCUT2D eigenvalue weighted by molar-refractivity contribution is 6.36. The van der Waals surface area contributed by atoms with Gasteiger partial charge in [-0.2, -0.15) is 0 Å². The molecule has 7 nitrogen and oxygen atoms in total. The van der Waals surface area contributed by atoms with E-state index < -0.39 is 0 Å². The Kier molecular flexibility index (Phi) is 9.49. The van der Waals surface area contributed by atoms with Crippen LogP contribution in [0.3, 0.4) is 0 Å². The van der Waals surface area contributed by atoms with Crippen molar-refractivity contribution in [3.63, 3.8) is 0 Å². The Hall–Kier alpha value is -11.5. The topological polar surface area (TPSA) is 63.5 Å². The van der Waals surface area contributed by atoms with Gasteiger partial charge in [0, 0.05) is 76.0 Å². The van der Waals surface area contributed by atoms with E-state index in [0.717, 1.165) is 182 Å². The maximum absolute atomic E-state index is 7.30. The van der Waals surface area contributed by atoms with E-state index in [0.29, 0.717) is 0 Å². The van der Waals surface area contributed by atoms with E-state index in [-0.39, 0.29) is 0 Å². The molecule has 19 rings (SSSR count). The van der Waals surface area contributed by atoms with Gasteiger partial charge in [-0.25, -0.2) is 0 Å². The predicted molar refractivity (Wildman–Crippen MR) is 350 cm³/mol. The van der Waals surface area contributed by atoms with Crippen LogP contribution < -0.4 is 9.80 Å². The smallest absolute Gasteiger partial charge is 0.160 e. The average molecular weight is 1090 g/mol. The third-order valence-electron chi connectivity index (χ3n) is 17.7. The molecular weight excluding hydrogens is 1040 g/mol. The largest absolute Gasteiger partial charge is 0.454 e. The Balaban J connectivity index is 0.978. The summed E-state index contributed by atoms with van der Waals surface area (Å²) in [5, 5.41) is 12.4. The molecule has 0 aliphatic carbocycles. The van der Waals surface area contributed by atoms with Crippen molar-refractivity contribution in [2.45, 2.75) is 0 Å².